The van der Waals surface area contributed by atoms with Crippen LogP contribution >= 0.6 is 0 Å². The Hall–Kier alpha value is -1.59. The first kappa shape index (κ1) is 59.4. The second-order valence-corrected chi connectivity index (χ2v) is 20.3. The van der Waals surface area contributed by atoms with Gasteiger partial charge in [-0.2, -0.15) is 0 Å². The van der Waals surface area contributed by atoms with Crippen molar-refractivity contribution >= 4 is 17.9 Å². The standard InChI is InChI=1S/C55H106O6/c1-49(2)41-35-29-23-17-12-8-7-9-15-21-28-34-40-46-55(58)61-52(48-60-54(57)45-39-33-27-22-16-19-25-31-37-43-51(5)6)47-59-53(56)44-38-32-26-20-14-11-10-13-18-24-30-36-42-50(3)4/h49-52H,7-48H2,1-6H3/t52-/m1/s1. The zero-order valence-corrected chi connectivity index (χ0v) is 42.0. The van der Waals surface area contributed by atoms with E-state index in [2.05, 4.69) is 41.5 Å². The summed E-state index contributed by atoms with van der Waals surface area (Å²) in [6, 6.07) is 0. The van der Waals surface area contributed by atoms with Gasteiger partial charge < -0.3 is 14.2 Å². The molecule has 0 aromatic carbocycles. The summed E-state index contributed by atoms with van der Waals surface area (Å²) >= 11 is 0. The maximum Gasteiger partial charge on any atom is 0.306 e. The minimum atomic E-state index is -0.763. The Balaban J connectivity index is 4.31. The van der Waals surface area contributed by atoms with E-state index in [0.29, 0.717) is 19.3 Å². The summed E-state index contributed by atoms with van der Waals surface area (Å²) in [4.78, 5) is 38.0. The summed E-state index contributed by atoms with van der Waals surface area (Å²) in [6.45, 7) is 13.7. The van der Waals surface area contributed by atoms with E-state index < -0.39 is 6.10 Å². The fraction of sp³-hybridized carbons (Fsp3) is 0.945. The topological polar surface area (TPSA) is 78.9 Å². The van der Waals surface area contributed by atoms with E-state index in [1.54, 1.807) is 0 Å². The van der Waals surface area contributed by atoms with Gasteiger partial charge in [0, 0.05) is 19.3 Å². The zero-order chi connectivity index (χ0) is 44.9. The number of esters is 3. The lowest BCUT2D eigenvalue weighted by Gasteiger charge is -2.18. The minimum absolute atomic E-state index is 0.0643. The summed E-state index contributed by atoms with van der Waals surface area (Å²) in [6.07, 6.45) is 46.6. The number of carbonyl (C=O) groups is 3. The fourth-order valence-electron chi connectivity index (χ4n) is 8.29. The Bertz CT molecular complexity index is 945. The molecular formula is C55H106O6. The van der Waals surface area contributed by atoms with Crippen LogP contribution in [0.25, 0.3) is 0 Å². The molecule has 6 heteroatoms. The van der Waals surface area contributed by atoms with Gasteiger partial charge in [-0.25, -0.2) is 0 Å². The normalized spacial score (nSPS) is 12.1. The average molecular weight is 863 g/mol. The van der Waals surface area contributed by atoms with Gasteiger partial charge >= 0.3 is 17.9 Å². The first-order valence-corrected chi connectivity index (χ1v) is 27.1. The third-order valence-corrected chi connectivity index (χ3v) is 12.4. The van der Waals surface area contributed by atoms with Crippen molar-refractivity contribution in [1.29, 1.82) is 0 Å². The van der Waals surface area contributed by atoms with Gasteiger partial charge in [-0.05, 0) is 37.0 Å². The molecule has 0 fully saturated rings. The van der Waals surface area contributed by atoms with Crippen LogP contribution in [0.5, 0.6) is 0 Å². The van der Waals surface area contributed by atoms with Crippen LogP contribution in [0.4, 0.5) is 0 Å². The lowest BCUT2D eigenvalue weighted by atomic mass is 10.0. The molecule has 0 aliphatic carbocycles. The van der Waals surface area contributed by atoms with Crippen LogP contribution in [0.2, 0.25) is 0 Å². The van der Waals surface area contributed by atoms with E-state index in [9.17, 15) is 14.4 Å². The number of carbonyl (C=O) groups excluding carboxylic acids is 3. The molecule has 0 aromatic rings. The predicted octanol–water partition coefficient (Wildman–Crippen LogP) is 17.6. The SMILES string of the molecule is CC(C)CCCCCCCCCCCCCCCC(=O)O[C@H](COC(=O)CCCCCCCCCCCCCCC(C)C)COC(=O)CCCCCCCCCCCC(C)C. The number of hydrogen-bond acceptors (Lipinski definition) is 6. The van der Waals surface area contributed by atoms with Gasteiger partial charge in [0.1, 0.15) is 13.2 Å². The van der Waals surface area contributed by atoms with Crippen LogP contribution < -0.4 is 0 Å². The van der Waals surface area contributed by atoms with Crippen LogP contribution in [0.1, 0.15) is 298 Å². The van der Waals surface area contributed by atoms with Gasteiger partial charge in [-0.3, -0.25) is 14.4 Å². The molecule has 362 valence electrons. The molecule has 61 heavy (non-hydrogen) atoms. The first-order chi connectivity index (χ1) is 29.6. The Labute approximate surface area is 380 Å². The monoisotopic (exact) mass is 863 g/mol. The van der Waals surface area contributed by atoms with Crippen molar-refractivity contribution < 1.29 is 28.6 Å². The minimum Gasteiger partial charge on any atom is -0.462 e. The molecule has 0 unspecified atom stereocenters. The molecule has 0 spiro atoms. The van der Waals surface area contributed by atoms with Crippen LogP contribution in [-0.2, 0) is 28.6 Å². The van der Waals surface area contributed by atoms with Crippen molar-refractivity contribution in [3.8, 4) is 0 Å². The Morgan fingerprint density at radius 2 is 0.475 bits per heavy atom. The highest BCUT2D eigenvalue weighted by Gasteiger charge is 2.19. The van der Waals surface area contributed by atoms with Crippen molar-refractivity contribution in [3.63, 3.8) is 0 Å². The molecule has 0 N–H and O–H groups in total. The van der Waals surface area contributed by atoms with Crippen LogP contribution in [0.3, 0.4) is 0 Å². The van der Waals surface area contributed by atoms with E-state index in [1.807, 2.05) is 0 Å². The Morgan fingerprint density at radius 3 is 0.705 bits per heavy atom. The molecule has 0 saturated heterocycles. The van der Waals surface area contributed by atoms with E-state index in [1.165, 1.54) is 180 Å². The Kier molecular flexibility index (Phi) is 45.2. The van der Waals surface area contributed by atoms with E-state index in [0.717, 1.165) is 75.5 Å². The summed E-state index contributed by atoms with van der Waals surface area (Å²) in [5, 5.41) is 0. The predicted molar refractivity (Wildman–Crippen MR) is 261 cm³/mol. The number of ether oxygens (including phenoxy) is 3. The third kappa shape index (κ3) is 49.3. The van der Waals surface area contributed by atoms with E-state index in [4.69, 9.17) is 14.2 Å². The zero-order valence-electron chi connectivity index (χ0n) is 42.0. The summed E-state index contributed by atoms with van der Waals surface area (Å²) in [7, 11) is 0. The Morgan fingerprint density at radius 1 is 0.279 bits per heavy atom. The highest BCUT2D eigenvalue weighted by Crippen LogP contribution is 2.18. The molecule has 0 amide bonds. The second kappa shape index (κ2) is 46.4. The van der Waals surface area contributed by atoms with Crippen LogP contribution in [-0.4, -0.2) is 37.2 Å². The maximum absolute atomic E-state index is 12.8. The molecule has 0 heterocycles. The van der Waals surface area contributed by atoms with Crippen molar-refractivity contribution in [2.45, 2.75) is 304 Å². The third-order valence-electron chi connectivity index (χ3n) is 12.4. The molecule has 0 bridgehead atoms. The van der Waals surface area contributed by atoms with Gasteiger partial charge in [0.15, 0.2) is 6.10 Å². The molecule has 0 aliphatic rings. The molecule has 0 aliphatic heterocycles. The summed E-state index contributed by atoms with van der Waals surface area (Å²) in [5.41, 5.74) is 0. The van der Waals surface area contributed by atoms with Crippen molar-refractivity contribution in [3.05, 3.63) is 0 Å². The lowest BCUT2D eigenvalue weighted by Crippen LogP contribution is -2.30. The van der Waals surface area contributed by atoms with Gasteiger partial charge in [0.25, 0.3) is 0 Å². The molecule has 0 aromatic heterocycles. The second-order valence-electron chi connectivity index (χ2n) is 20.3. The van der Waals surface area contributed by atoms with Crippen molar-refractivity contribution in [2.24, 2.45) is 17.8 Å². The molecule has 0 rings (SSSR count). The quantitative estimate of drug-likeness (QED) is 0.0344. The smallest absolute Gasteiger partial charge is 0.306 e. The maximum atomic E-state index is 12.8. The van der Waals surface area contributed by atoms with Gasteiger partial charge in [0.05, 0.1) is 0 Å². The molecule has 1 atom stereocenters. The highest BCUT2D eigenvalue weighted by atomic mass is 16.6. The summed E-state index contributed by atoms with van der Waals surface area (Å²) in [5.74, 6) is 1.63. The molecular weight excluding hydrogens is 757 g/mol. The lowest BCUT2D eigenvalue weighted by molar-refractivity contribution is -0.167. The fourth-order valence-corrected chi connectivity index (χ4v) is 8.29. The first-order valence-electron chi connectivity index (χ1n) is 27.1. The number of hydrogen-bond donors (Lipinski definition) is 0. The molecule has 6 nitrogen and oxygen atoms in total. The van der Waals surface area contributed by atoms with Crippen LogP contribution in [0.15, 0.2) is 0 Å². The summed E-state index contributed by atoms with van der Waals surface area (Å²) < 4.78 is 16.8. The van der Waals surface area contributed by atoms with E-state index in [-0.39, 0.29) is 31.1 Å². The van der Waals surface area contributed by atoms with E-state index >= 15 is 0 Å². The number of unbranched alkanes of at least 4 members (excludes halogenated alkanes) is 31. The van der Waals surface area contributed by atoms with Crippen LogP contribution in [0, 0.1) is 17.8 Å². The van der Waals surface area contributed by atoms with Gasteiger partial charge in [0.2, 0.25) is 0 Å². The van der Waals surface area contributed by atoms with Crippen molar-refractivity contribution in [2.75, 3.05) is 13.2 Å². The van der Waals surface area contributed by atoms with Crippen molar-refractivity contribution in [1.82, 2.24) is 0 Å². The molecule has 0 radical (unpaired) electrons. The van der Waals surface area contributed by atoms with Gasteiger partial charge in [-0.1, -0.05) is 260 Å². The average Bonchev–Trinajstić information content (AvgIpc) is 3.22. The number of rotatable bonds is 48. The largest absolute Gasteiger partial charge is 0.462 e. The molecule has 0 saturated carbocycles. The highest BCUT2D eigenvalue weighted by molar-refractivity contribution is 5.71. The van der Waals surface area contributed by atoms with Gasteiger partial charge in [-0.15, -0.1) is 0 Å².